The lowest BCUT2D eigenvalue weighted by molar-refractivity contribution is 1.11. The van der Waals surface area contributed by atoms with Crippen molar-refractivity contribution in [3.8, 4) is 45.0 Å². The molecule has 0 bridgehead atoms. The van der Waals surface area contributed by atoms with Gasteiger partial charge in [-0.25, -0.2) is 4.98 Å². The first-order valence-corrected chi connectivity index (χ1v) is 20.2. The highest BCUT2D eigenvalue weighted by molar-refractivity contribution is 7.26. The molecule has 12 rings (SSSR count). The zero-order valence-electron chi connectivity index (χ0n) is 30.8. The van der Waals surface area contributed by atoms with Gasteiger partial charge in [-0.2, -0.15) is 0 Å². The monoisotopic (exact) mass is 743 g/mol. The Hall–Kier alpha value is -7.27. The number of rotatable bonds is 5. The number of benzene rings is 9. The fraction of sp³-hybridized carbons (Fsp3) is 0. The van der Waals surface area contributed by atoms with Crippen molar-refractivity contribution in [1.29, 1.82) is 0 Å². The molecule has 0 aliphatic rings. The topological polar surface area (TPSA) is 22.8 Å². The Morgan fingerprint density at radius 2 is 1.02 bits per heavy atom. The Labute approximate surface area is 333 Å². The molecule has 0 unspecified atom stereocenters. The van der Waals surface area contributed by atoms with Crippen LogP contribution in [0, 0.1) is 0 Å². The number of thiophene rings is 1. The molecule has 0 atom stereocenters. The molecule has 0 aliphatic heterocycles. The molecule has 3 nitrogen and oxygen atoms in total. The van der Waals surface area contributed by atoms with Crippen LogP contribution < -0.4 is 0 Å². The molecule has 0 spiro atoms. The van der Waals surface area contributed by atoms with E-state index in [9.17, 15) is 0 Å². The van der Waals surface area contributed by atoms with Crippen molar-refractivity contribution < 1.29 is 0 Å². The third-order valence-electron chi connectivity index (χ3n) is 11.5. The molecule has 0 fully saturated rings. The molecule has 4 heteroatoms. The van der Waals surface area contributed by atoms with E-state index in [1.165, 1.54) is 75.1 Å². The number of aromatic nitrogens is 3. The fourth-order valence-corrected chi connectivity index (χ4v) is 10.1. The van der Waals surface area contributed by atoms with Crippen LogP contribution >= 0.6 is 11.3 Å². The van der Waals surface area contributed by atoms with Crippen molar-refractivity contribution in [3.63, 3.8) is 0 Å². The number of hydrogen-bond acceptors (Lipinski definition) is 2. The highest BCUT2D eigenvalue weighted by atomic mass is 32.1. The Morgan fingerprint density at radius 1 is 0.386 bits per heavy atom. The molecular formula is C53H33N3S. The molecule has 3 aromatic heterocycles. The van der Waals surface area contributed by atoms with Crippen LogP contribution in [0.4, 0.5) is 0 Å². The standard InChI is InChI=1S/C53H33N3S/c1-4-15-34(16-5-1)53-54-51-44(33-37-17-10-11-22-40(37)52(51)56(53)39-20-8-3-9-21-39)42-24-14-26-49-50(42)45-32-36(28-30-48(45)57-49)35-27-29-47-43(31-35)41-23-12-13-25-46(41)55(47)38-18-6-2-7-19-38/h1-33H. The lowest BCUT2D eigenvalue weighted by Crippen LogP contribution is -1.97. The molecule has 0 amide bonds. The van der Waals surface area contributed by atoms with Gasteiger partial charge in [0, 0.05) is 58.8 Å². The first-order valence-electron chi connectivity index (χ1n) is 19.4. The summed E-state index contributed by atoms with van der Waals surface area (Å²) in [4.78, 5) is 5.56. The average molecular weight is 744 g/mol. The summed E-state index contributed by atoms with van der Waals surface area (Å²) in [6, 6.07) is 72.5. The van der Waals surface area contributed by atoms with E-state index in [2.05, 4.69) is 209 Å². The molecule has 0 saturated carbocycles. The first-order chi connectivity index (χ1) is 28.3. The van der Waals surface area contributed by atoms with Gasteiger partial charge in [-0.05, 0) is 88.8 Å². The van der Waals surface area contributed by atoms with E-state index in [0.717, 1.165) is 33.7 Å². The van der Waals surface area contributed by atoms with Gasteiger partial charge in [0.2, 0.25) is 0 Å². The second-order valence-electron chi connectivity index (χ2n) is 14.7. The predicted octanol–water partition coefficient (Wildman–Crippen LogP) is 14.6. The first kappa shape index (κ1) is 32.0. The van der Waals surface area contributed by atoms with Crippen molar-refractivity contribution >= 4 is 75.1 Å². The second-order valence-corrected chi connectivity index (χ2v) is 15.8. The number of imidazole rings is 1. The summed E-state index contributed by atoms with van der Waals surface area (Å²) >= 11 is 1.86. The molecule has 0 radical (unpaired) electrons. The van der Waals surface area contributed by atoms with E-state index >= 15 is 0 Å². The van der Waals surface area contributed by atoms with E-state index in [1.54, 1.807) is 0 Å². The zero-order chi connectivity index (χ0) is 37.5. The summed E-state index contributed by atoms with van der Waals surface area (Å²) < 4.78 is 7.28. The minimum Gasteiger partial charge on any atom is -0.309 e. The quantitative estimate of drug-likeness (QED) is 0.172. The number of hydrogen-bond donors (Lipinski definition) is 0. The summed E-state index contributed by atoms with van der Waals surface area (Å²) in [5.41, 5.74) is 12.6. The van der Waals surface area contributed by atoms with Crippen LogP contribution in [0.1, 0.15) is 0 Å². The van der Waals surface area contributed by atoms with Gasteiger partial charge in [-0.15, -0.1) is 11.3 Å². The van der Waals surface area contributed by atoms with E-state index in [4.69, 9.17) is 4.98 Å². The number of para-hydroxylation sites is 3. The SMILES string of the molecule is c1ccc(-c2nc3c(-c4cccc5sc6ccc(-c7ccc8c(c7)c7ccccc7n8-c7ccccc7)cc6c45)cc4ccccc4c3n2-c2ccccc2)cc1. The number of nitrogens with zero attached hydrogens (tertiary/aromatic N) is 3. The van der Waals surface area contributed by atoms with E-state index in [1.807, 2.05) is 11.3 Å². The maximum Gasteiger partial charge on any atom is 0.145 e. The molecule has 0 N–H and O–H groups in total. The molecule has 9 aromatic carbocycles. The predicted molar refractivity (Wildman–Crippen MR) is 242 cm³/mol. The van der Waals surface area contributed by atoms with Crippen LogP contribution in [0.15, 0.2) is 200 Å². The van der Waals surface area contributed by atoms with Gasteiger partial charge in [0.05, 0.1) is 22.1 Å². The minimum absolute atomic E-state index is 0.933. The van der Waals surface area contributed by atoms with Gasteiger partial charge in [0.25, 0.3) is 0 Å². The van der Waals surface area contributed by atoms with Crippen LogP contribution in [0.2, 0.25) is 0 Å². The molecule has 3 heterocycles. The van der Waals surface area contributed by atoms with Crippen molar-refractivity contribution in [1.82, 2.24) is 14.1 Å². The molecule has 12 aromatic rings. The summed E-state index contributed by atoms with van der Waals surface area (Å²) in [6.45, 7) is 0. The van der Waals surface area contributed by atoms with Crippen molar-refractivity contribution in [3.05, 3.63) is 200 Å². The molecule has 0 saturated heterocycles. The fourth-order valence-electron chi connectivity index (χ4n) is 8.97. The largest absolute Gasteiger partial charge is 0.309 e. The van der Waals surface area contributed by atoms with Crippen LogP contribution in [0.25, 0.3) is 109 Å². The van der Waals surface area contributed by atoms with Crippen molar-refractivity contribution in [2.45, 2.75) is 0 Å². The van der Waals surface area contributed by atoms with Gasteiger partial charge in [0.15, 0.2) is 0 Å². The Kier molecular flexibility index (Phi) is 7.10. The van der Waals surface area contributed by atoms with Crippen molar-refractivity contribution in [2.24, 2.45) is 0 Å². The normalized spacial score (nSPS) is 11.9. The van der Waals surface area contributed by atoms with Gasteiger partial charge in [-0.3, -0.25) is 4.57 Å². The van der Waals surface area contributed by atoms with Gasteiger partial charge in [0.1, 0.15) is 5.82 Å². The van der Waals surface area contributed by atoms with Gasteiger partial charge >= 0.3 is 0 Å². The highest BCUT2D eigenvalue weighted by Crippen LogP contribution is 2.46. The Morgan fingerprint density at radius 3 is 1.81 bits per heavy atom. The summed E-state index contributed by atoms with van der Waals surface area (Å²) in [5.74, 6) is 0.933. The lowest BCUT2D eigenvalue weighted by Gasteiger charge is -2.13. The second kappa shape index (κ2) is 12.6. The molecule has 266 valence electrons. The third-order valence-corrected chi connectivity index (χ3v) is 12.6. The van der Waals surface area contributed by atoms with Crippen LogP contribution in [0.5, 0.6) is 0 Å². The minimum atomic E-state index is 0.933. The number of fused-ring (bicyclic) bond motifs is 9. The smallest absolute Gasteiger partial charge is 0.145 e. The van der Waals surface area contributed by atoms with E-state index in [-0.39, 0.29) is 0 Å². The highest BCUT2D eigenvalue weighted by Gasteiger charge is 2.23. The van der Waals surface area contributed by atoms with Gasteiger partial charge in [-0.1, -0.05) is 133 Å². The summed E-state index contributed by atoms with van der Waals surface area (Å²) in [7, 11) is 0. The van der Waals surface area contributed by atoms with E-state index < -0.39 is 0 Å². The van der Waals surface area contributed by atoms with Crippen molar-refractivity contribution in [2.75, 3.05) is 0 Å². The maximum absolute atomic E-state index is 5.56. The van der Waals surface area contributed by atoms with Gasteiger partial charge < -0.3 is 4.57 Å². The average Bonchev–Trinajstić information content (AvgIpc) is 3.97. The lowest BCUT2D eigenvalue weighted by atomic mass is 9.94. The molecular weight excluding hydrogens is 711 g/mol. The van der Waals surface area contributed by atoms with Crippen LogP contribution in [-0.2, 0) is 0 Å². The van der Waals surface area contributed by atoms with E-state index in [0.29, 0.717) is 0 Å². The van der Waals surface area contributed by atoms with Crippen LogP contribution in [-0.4, -0.2) is 14.1 Å². The molecule has 0 aliphatic carbocycles. The third kappa shape index (κ3) is 4.94. The van der Waals surface area contributed by atoms with Crippen LogP contribution in [0.3, 0.4) is 0 Å². The zero-order valence-corrected chi connectivity index (χ0v) is 31.6. The Bertz CT molecular complexity index is 3500. The molecule has 57 heavy (non-hydrogen) atoms. The Balaban J connectivity index is 1.10. The summed E-state index contributed by atoms with van der Waals surface area (Å²) in [6.07, 6.45) is 0. The summed E-state index contributed by atoms with van der Waals surface area (Å²) in [5, 5.41) is 7.42. The maximum atomic E-state index is 5.56.